The van der Waals surface area contributed by atoms with Gasteiger partial charge in [-0.3, -0.25) is 4.90 Å². The maximum Gasteiger partial charge on any atom is 0.0499 e. The summed E-state index contributed by atoms with van der Waals surface area (Å²) in [5.74, 6) is 0.871. The van der Waals surface area contributed by atoms with Gasteiger partial charge in [0.2, 0.25) is 0 Å². The number of likely N-dealkylation sites (tertiary alicyclic amines) is 1. The molecule has 0 spiro atoms. The molecule has 0 amide bonds. The second kappa shape index (κ2) is 5.71. The lowest BCUT2D eigenvalue weighted by atomic mass is 9.71. The Morgan fingerprint density at radius 3 is 2.53 bits per heavy atom. The van der Waals surface area contributed by atoms with Crippen LogP contribution in [-0.2, 0) is 0 Å². The molecule has 2 fully saturated rings. The summed E-state index contributed by atoms with van der Waals surface area (Å²) >= 11 is 0. The zero-order valence-corrected chi connectivity index (χ0v) is 11.6. The molecular weight excluding hydrogens is 210 g/mol. The molecule has 17 heavy (non-hydrogen) atoms. The van der Waals surface area contributed by atoms with E-state index in [1.807, 2.05) is 0 Å². The van der Waals surface area contributed by atoms with E-state index in [1.54, 1.807) is 0 Å². The van der Waals surface area contributed by atoms with Gasteiger partial charge < -0.3 is 5.11 Å². The van der Waals surface area contributed by atoms with Crippen LogP contribution in [0.2, 0.25) is 0 Å². The molecule has 1 saturated carbocycles. The molecule has 1 unspecified atom stereocenters. The zero-order valence-electron chi connectivity index (χ0n) is 11.6. The van der Waals surface area contributed by atoms with Gasteiger partial charge in [0.05, 0.1) is 0 Å². The Kier molecular flexibility index (Phi) is 4.48. The van der Waals surface area contributed by atoms with Crippen LogP contribution in [0.1, 0.15) is 58.8 Å². The van der Waals surface area contributed by atoms with Crippen molar-refractivity contribution in [2.75, 3.05) is 19.7 Å². The van der Waals surface area contributed by atoms with Crippen molar-refractivity contribution in [3.63, 3.8) is 0 Å². The minimum Gasteiger partial charge on any atom is -0.396 e. The SMILES string of the molecule is CCC1CCCN1CC1(CO)CCC(C)CC1. The molecule has 0 radical (unpaired) electrons. The van der Waals surface area contributed by atoms with Crippen molar-refractivity contribution in [2.45, 2.75) is 64.8 Å². The number of aliphatic hydroxyl groups is 1. The first kappa shape index (κ1) is 13.4. The van der Waals surface area contributed by atoms with Crippen LogP contribution in [0.5, 0.6) is 0 Å². The molecule has 1 heterocycles. The monoisotopic (exact) mass is 239 g/mol. The fraction of sp³-hybridized carbons (Fsp3) is 1.00. The van der Waals surface area contributed by atoms with Crippen LogP contribution >= 0.6 is 0 Å². The standard InChI is InChI=1S/C15H29NO/c1-3-14-5-4-10-16(14)11-15(12-17)8-6-13(2)7-9-15/h13-14,17H,3-12H2,1-2H3. The number of rotatable bonds is 4. The van der Waals surface area contributed by atoms with Crippen molar-refractivity contribution in [3.8, 4) is 0 Å². The van der Waals surface area contributed by atoms with Gasteiger partial charge in [0.1, 0.15) is 0 Å². The Morgan fingerprint density at radius 1 is 1.24 bits per heavy atom. The first-order chi connectivity index (χ1) is 8.19. The molecule has 1 aliphatic heterocycles. The van der Waals surface area contributed by atoms with Crippen LogP contribution in [0.3, 0.4) is 0 Å². The maximum absolute atomic E-state index is 9.82. The molecule has 1 atom stereocenters. The van der Waals surface area contributed by atoms with Crippen molar-refractivity contribution in [1.29, 1.82) is 0 Å². The maximum atomic E-state index is 9.82. The predicted octanol–water partition coefficient (Wildman–Crippen LogP) is 3.05. The normalized spacial score (nSPS) is 39.7. The predicted molar refractivity (Wildman–Crippen MR) is 72.0 cm³/mol. The summed E-state index contributed by atoms with van der Waals surface area (Å²) < 4.78 is 0. The molecular formula is C15H29NO. The van der Waals surface area contributed by atoms with Crippen molar-refractivity contribution in [1.82, 2.24) is 4.90 Å². The Balaban J connectivity index is 1.94. The highest BCUT2D eigenvalue weighted by atomic mass is 16.3. The summed E-state index contributed by atoms with van der Waals surface area (Å²) in [6.45, 7) is 7.46. The third-order valence-corrected chi connectivity index (χ3v) is 5.18. The summed E-state index contributed by atoms with van der Waals surface area (Å²) in [4.78, 5) is 2.66. The van der Waals surface area contributed by atoms with Crippen molar-refractivity contribution < 1.29 is 5.11 Å². The van der Waals surface area contributed by atoms with Crippen LogP contribution in [0, 0.1) is 11.3 Å². The van der Waals surface area contributed by atoms with Crippen LogP contribution in [0.15, 0.2) is 0 Å². The van der Waals surface area contributed by atoms with Crippen molar-refractivity contribution in [2.24, 2.45) is 11.3 Å². The molecule has 100 valence electrons. The summed E-state index contributed by atoms with van der Waals surface area (Å²) in [5, 5.41) is 9.82. The number of nitrogens with zero attached hydrogens (tertiary/aromatic N) is 1. The van der Waals surface area contributed by atoms with E-state index in [0.29, 0.717) is 6.61 Å². The van der Waals surface area contributed by atoms with Crippen LogP contribution in [0.25, 0.3) is 0 Å². The first-order valence-electron chi connectivity index (χ1n) is 7.54. The molecule has 0 bridgehead atoms. The zero-order chi connectivity index (χ0) is 12.3. The smallest absolute Gasteiger partial charge is 0.0499 e. The van der Waals surface area contributed by atoms with Gasteiger partial charge in [-0.2, -0.15) is 0 Å². The average molecular weight is 239 g/mol. The number of aliphatic hydroxyl groups excluding tert-OH is 1. The Morgan fingerprint density at radius 2 is 1.94 bits per heavy atom. The summed E-state index contributed by atoms with van der Waals surface area (Å²) in [5.41, 5.74) is 0.226. The van der Waals surface area contributed by atoms with Crippen molar-refractivity contribution >= 4 is 0 Å². The Bertz CT molecular complexity index is 233. The van der Waals surface area contributed by atoms with Gasteiger partial charge in [-0.1, -0.05) is 26.7 Å². The van der Waals surface area contributed by atoms with Gasteiger partial charge >= 0.3 is 0 Å². The van der Waals surface area contributed by atoms with E-state index in [0.717, 1.165) is 18.5 Å². The highest BCUT2D eigenvalue weighted by molar-refractivity contribution is 4.90. The van der Waals surface area contributed by atoms with Gasteiger partial charge in [0.15, 0.2) is 0 Å². The number of hydrogen-bond acceptors (Lipinski definition) is 2. The van der Waals surface area contributed by atoms with E-state index in [4.69, 9.17) is 0 Å². The largest absolute Gasteiger partial charge is 0.396 e. The van der Waals surface area contributed by atoms with Crippen LogP contribution < -0.4 is 0 Å². The second-order valence-corrected chi connectivity index (χ2v) is 6.52. The third kappa shape index (κ3) is 3.03. The van der Waals surface area contributed by atoms with Crippen LogP contribution in [-0.4, -0.2) is 35.7 Å². The molecule has 2 rings (SSSR count). The molecule has 0 aromatic heterocycles. The quantitative estimate of drug-likeness (QED) is 0.815. The van der Waals surface area contributed by atoms with E-state index < -0.39 is 0 Å². The lowest BCUT2D eigenvalue weighted by molar-refractivity contribution is 0.0251. The highest BCUT2D eigenvalue weighted by Gasteiger charge is 2.37. The van der Waals surface area contributed by atoms with Gasteiger partial charge in [-0.15, -0.1) is 0 Å². The molecule has 0 aromatic carbocycles. The summed E-state index contributed by atoms with van der Waals surface area (Å²) in [6.07, 6.45) is 9.09. The van der Waals surface area contributed by atoms with Gasteiger partial charge in [-0.05, 0) is 44.6 Å². The van der Waals surface area contributed by atoms with Gasteiger partial charge in [-0.25, -0.2) is 0 Å². The summed E-state index contributed by atoms with van der Waals surface area (Å²) in [7, 11) is 0. The molecule has 1 saturated heterocycles. The lowest BCUT2D eigenvalue weighted by Crippen LogP contribution is -2.44. The van der Waals surface area contributed by atoms with E-state index >= 15 is 0 Å². The molecule has 2 nitrogen and oxygen atoms in total. The second-order valence-electron chi connectivity index (χ2n) is 6.52. The molecule has 0 aromatic rings. The molecule has 2 aliphatic rings. The van der Waals surface area contributed by atoms with Crippen molar-refractivity contribution in [3.05, 3.63) is 0 Å². The number of hydrogen-bond donors (Lipinski definition) is 1. The van der Waals surface area contributed by atoms with E-state index in [9.17, 15) is 5.11 Å². The van der Waals surface area contributed by atoms with E-state index in [2.05, 4.69) is 18.7 Å². The Labute approximate surface area is 106 Å². The van der Waals surface area contributed by atoms with E-state index in [-0.39, 0.29) is 5.41 Å². The minimum absolute atomic E-state index is 0.226. The Hall–Kier alpha value is -0.0800. The molecule has 2 heteroatoms. The average Bonchev–Trinajstić information content (AvgIpc) is 2.79. The fourth-order valence-corrected chi connectivity index (χ4v) is 3.74. The topological polar surface area (TPSA) is 23.5 Å². The van der Waals surface area contributed by atoms with Crippen LogP contribution in [0.4, 0.5) is 0 Å². The third-order valence-electron chi connectivity index (χ3n) is 5.18. The fourth-order valence-electron chi connectivity index (χ4n) is 3.74. The first-order valence-corrected chi connectivity index (χ1v) is 7.54. The minimum atomic E-state index is 0.226. The lowest BCUT2D eigenvalue weighted by Gasteiger charge is -2.42. The molecule has 1 N–H and O–H groups in total. The van der Waals surface area contributed by atoms with E-state index in [1.165, 1.54) is 51.5 Å². The summed E-state index contributed by atoms with van der Waals surface area (Å²) in [6, 6.07) is 0.790. The molecule has 1 aliphatic carbocycles. The van der Waals surface area contributed by atoms with Gasteiger partial charge in [0.25, 0.3) is 0 Å². The highest BCUT2D eigenvalue weighted by Crippen LogP contribution is 2.40. The van der Waals surface area contributed by atoms with Gasteiger partial charge in [0, 0.05) is 24.6 Å².